The van der Waals surface area contributed by atoms with Crippen molar-refractivity contribution in [3.63, 3.8) is 0 Å². The van der Waals surface area contributed by atoms with Crippen LogP contribution in [0.15, 0.2) is 24.7 Å². The normalized spacial score (nSPS) is 12.8. The third-order valence-corrected chi connectivity index (χ3v) is 2.68. The molecule has 0 amide bonds. The SMILES string of the molecule is Cc1ccn2nc(NC(C)c3ncn[nH]3)nc2c1. The number of aromatic amines is 1. The summed E-state index contributed by atoms with van der Waals surface area (Å²) in [5.74, 6) is 1.33. The van der Waals surface area contributed by atoms with E-state index in [0.717, 1.165) is 17.0 Å². The highest BCUT2D eigenvalue weighted by Crippen LogP contribution is 2.13. The highest BCUT2D eigenvalue weighted by atomic mass is 15.4. The van der Waals surface area contributed by atoms with Crippen molar-refractivity contribution in [3.05, 3.63) is 36.0 Å². The first-order valence-electron chi connectivity index (χ1n) is 5.67. The Kier molecular flexibility index (Phi) is 2.44. The second-order valence-electron chi connectivity index (χ2n) is 4.18. The zero-order valence-corrected chi connectivity index (χ0v) is 10.1. The van der Waals surface area contributed by atoms with E-state index in [2.05, 4.69) is 30.6 Å². The van der Waals surface area contributed by atoms with Gasteiger partial charge in [-0.1, -0.05) is 0 Å². The highest BCUT2D eigenvalue weighted by Gasteiger charge is 2.11. The fourth-order valence-corrected chi connectivity index (χ4v) is 1.73. The predicted octanol–water partition coefficient (Wildman–Crippen LogP) is 1.33. The van der Waals surface area contributed by atoms with Crippen molar-refractivity contribution in [2.45, 2.75) is 19.9 Å². The number of H-pyrrole nitrogens is 1. The molecule has 0 aromatic carbocycles. The van der Waals surface area contributed by atoms with Crippen LogP contribution in [0.1, 0.15) is 24.4 Å². The van der Waals surface area contributed by atoms with Crippen molar-refractivity contribution in [2.75, 3.05) is 5.32 Å². The molecule has 1 atom stereocenters. The van der Waals surface area contributed by atoms with Crippen LogP contribution in [-0.4, -0.2) is 29.8 Å². The Labute approximate surface area is 103 Å². The first-order chi connectivity index (χ1) is 8.72. The number of rotatable bonds is 3. The lowest BCUT2D eigenvalue weighted by Gasteiger charge is -2.07. The van der Waals surface area contributed by atoms with Crippen molar-refractivity contribution in [2.24, 2.45) is 0 Å². The van der Waals surface area contributed by atoms with E-state index in [1.165, 1.54) is 6.33 Å². The van der Waals surface area contributed by atoms with Crippen molar-refractivity contribution in [1.29, 1.82) is 0 Å². The number of hydrogen-bond donors (Lipinski definition) is 2. The van der Waals surface area contributed by atoms with Crippen molar-refractivity contribution < 1.29 is 0 Å². The van der Waals surface area contributed by atoms with Crippen LogP contribution in [0.4, 0.5) is 5.95 Å². The molecule has 92 valence electrons. The van der Waals surface area contributed by atoms with E-state index in [1.54, 1.807) is 4.52 Å². The standard InChI is InChI=1S/C11H13N7/c1-7-3-4-18-9(5-7)15-11(17-18)14-8(2)10-12-6-13-16-10/h3-6,8H,1-2H3,(H,14,17)(H,12,13,16). The molecule has 18 heavy (non-hydrogen) atoms. The number of nitrogens with zero attached hydrogens (tertiary/aromatic N) is 5. The van der Waals surface area contributed by atoms with Gasteiger partial charge in [0.2, 0.25) is 5.95 Å². The van der Waals surface area contributed by atoms with E-state index in [4.69, 9.17) is 0 Å². The van der Waals surface area contributed by atoms with Gasteiger partial charge in [0, 0.05) is 6.20 Å². The van der Waals surface area contributed by atoms with Crippen LogP contribution in [0.25, 0.3) is 5.65 Å². The average Bonchev–Trinajstić information content (AvgIpc) is 2.95. The van der Waals surface area contributed by atoms with Crippen molar-refractivity contribution >= 4 is 11.6 Å². The topological polar surface area (TPSA) is 83.8 Å². The van der Waals surface area contributed by atoms with E-state index < -0.39 is 0 Å². The molecule has 0 spiro atoms. The molecule has 3 heterocycles. The van der Waals surface area contributed by atoms with Crippen LogP contribution in [-0.2, 0) is 0 Å². The van der Waals surface area contributed by atoms with Crippen LogP contribution in [0.2, 0.25) is 0 Å². The molecule has 2 N–H and O–H groups in total. The maximum Gasteiger partial charge on any atom is 0.243 e. The summed E-state index contributed by atoms with van der Waals surface area (Å²) in [5.41, 5.74) is 1.98. The third-order valence-electron chi connectivity index (χ3n) is 2.68. The quantitative estimate of drug-likeness (QED) is 0.725. The predicted molar refractivity (Wildman–Crippen MR) is 66.1 cm³/mol. The molecule has 0 fully saturated rings. The molecule has 3 aromatic heterocycles. The van der Waals surface area contributed by atoms with Crippen LogP contribution < -0.4 is 5.32 Å². The first-order valence-corrected chi connectivity index (χ1v) is 5.67. The van der Waals surface area contributed by atoms with Gasteiger partial charge in [0.05, 0.1) is 6.04 Å². The second kappa shape index (κ2) is 4.10. The highest BCUT2D eigenvalue weighted by molar-refractivity contribution is 5.45. The molecular weight excluding hydrogens is 230 g/mol. The van der Waals surface area contributed by atoms with Crippen molar-refractivity contribution in [3.8, 4) is 0 Å². The number of fused-ring (bicyclic) bond motifs is 1. The minimum Gasteiger partial charge on any atom is -0.343 e. The summed E-state index contributed by atoms with van der Waals surface area (Å²) in [4.78, 5) is 8.49. The van der Waals surface area contributed by atoms with Gasteiger partial charge in [-0.15, -0.1) is 5.10 Å². The number of anilines is 1. The van der Waals surface area contributed by atoms with Crippen molar-refractivity contribution in [1.82, 2.24) is 29.8 Å². The molecule has 1 unspecified atom stereocenters. The van der Waals surface area contributed by atoms with Crippen LogP contribution >= 0.6 is 0 Å². The summed E-state index contributed by atoms with van der Waals surface area (Å²) in [6.07, 6.45) is 3.37. The molecular formula is C11H13N7. The van der Waals surface area contributed by atoms with Crippen LogP contribution in [0.5, 0.6) is 0 Å². The molecule has 0 aliphatic heterocycles. The molecule has 0 aliphatic carbocycles. The fourth-order valence-electron chi connectivity index (χ4n) is 1.73. The first kappa shape index (κ1) is 10.7. The largest absolute Gasteiger partial charge is 0.343 e. The molecule has 0 saturated carbocycles. The zero-order chi connectivity index (χ0) is 12.5. The fraction of sp³-hybridized carbons (Fsp3) is 0.273. The lowest BCUT2D eigenvalue weighted by atomic mass is 10.3. The van der Waals surface area contributed by atoms with Crippen LogP contribution in [0, 0.1) is 6.92 Å². The minimum absolute atomic E-state index is 0.0222. The van der Waals surface area contributed by atoms with E-state index in [1.807, 2.05) is 32.2 Å². The Morgan fingerprint density at radius 3 is 3.11 bits per heavy atom. The van der Waals surface area contributed by atoms with Gasteiger partial charge in [0.25, 0.3) is 0 Å². The van der Waals surface area contributed by atoms with E-state index in [-0.39, 0.29) is 6.04 Å². The summed E-state index contributed by atoms with van der Waals surface area (Å²) in [5, 5.41) is 14.1. The van der Waals surface area contributed by atoms with E-state index in [0.29, 0.717) is 5.95 Å². The number of hydrogen-bond acceptors (Lipinski definition) is 5. The molecule has 7 nitrogen and oxygen atoms in total. The number of nitrogens with one attached hydrogen (secondary N) is 2. The van der Waals surface area contributed by atoms with E-state index >= 15 is 0 Å². The van der Waals surface area contributed by atoms with Gasteiger partial charge in [-0.3, -0.25) is 5.10 Å². The van der Waals surface area contributed by atoms with Gasteiger partial charge in [0.1, 0.15) is 12.2 Å². The molecule has 3 aromatic rings. The maximum atomic E-state index is 4.40. The van der Waals surface area contributed by atoms with E-state index in [9.17, 15) is 0 Å². The summed E-state index contributed by atoms with van der Waals surface area (Å²) in [6, 6.07) is 3.95. The zero-order valence-electron chi connectivity index (χ0n) is 10.1. The molecule has 0 radical (unpaired) electrons. The molecule has 7 heteroatoms. The Bertz CT molecular complexity index is 655. The molecule has 0 bridgehead atoms. The molecule has 0 aliphatic rings. The Morgan fingerprint density at radius 2 is 2.33 bits per heavy atom. The minimum atomic E-state index is -0.0222. The number of pyridine rings is 1. The number of aromatic nitrogens is 6. The van der Waals surface area contributed by atoms with Gasteiger partial charge in [-0.2, -0.15) is 10.1 Å². The van der Waals surface area contributed by atoms with Gasteiger partial charge in [0.15, 0.2) is 5.65 Å². The average molecular weight is 243 g/mol. The third kappa shape index (κ3) is 1.90. The Balaban J connectivity index is 1.86. The number of aryl methyl sites for hydroxylation is 1. The van der Waals surface area contributed by atoms with Crippen LogP contribution in [0.3, 0.4) is 0 Å². The lowest BCUT2D eigenvalue weighted by molar-refractivity contribution is 0.781. The summed E-state index contributed by atoms with van der Waals surface area (Å²) in [7, 11) is 0. The maximum absolute atomic E-state index is 4.40. The molecule has 0 saturated heterocycles. The van der Waals surface area contributed by atoms with Gasteiger partial charge < -0.3 is 5.32 Å². The summed E-state index contributed by atoms with van der Waals surface area (Å²) in [6.45, 7) is 4.00. The van der Waals surface area contributed by atoms with Gasteiger partial charge in [-0.05, 0) is 31.5 Å². The second-order valence-corrected chi connectivity index (χ2v) is 4.18. The smallest absolute Gasteiger partial charge is 0.243 e. The summed E-state index contributed by atoms with van der Waals surface area (Å²) < 4.78 is 1.74. The Hall–Kier alpha value is -2.44. The van der Waals surface area contributed by atoms with Gasteiger partial charge in [-0.25, -0.2) is 9.50 Å². The Morgan fingerprint density at radius 1 is 1.44 bits per heavy atom. The van der Waals surface area contributed by atoms with Gasteiger partial charge >= 0.3 is 0 Å². The molecule has 3 rings (SSSR count). The summed E-state index contributed by atoms with van der Waals surface area (Å²) >= 11 is 0. The monoisotopic (exact) mass is 243 g/mol. The lowest BCUT2D eigenvalue weighted by Crippen LogP contribution is -2.09.